The van der Waals surface area contributed by atoms with E-state index in [-0.39, 0.29) is 25.9 Å². The Hall–Kier alpha value is -2.84. The molecule has 9 heteroatoms. The molecule has 0 saturated carbocycles. The average molecular weight is 413 g/mol. The summed E-state index contributed by atoms with van der Waals surface area (Å²) >= 11 is 0. The largest absolute Gasteiger partial charge is 0.494 e. The maximum Gasteiger partial charge on any atom is 0.408 e. The molecule has 0 bridgehead atoms. The molecule has 162 valence electrons. The summed E-state index contributed by atoms with van der Waals surface area (Å²) in [5.41, 5.74) is -0.149. The van der Waals surface area contributed by atoms with Gasteiger partial charge in [0, 0.05) is 6.42 Å². The number of amides is 1. The monoisotopic (exact) mass is 413 g/mol. The fourth-order valence-corrected chi connectivity index (χ4v) is 2.48. The number of carboxylic acid groups (broad SMARTS) is 2. The predicted octanol–water partition coefficient (Wildman–Crippen LogP) is 3.04. The molecule has 0 aliphatic rings. The Balaban J connectivity index is 2.76. The van der Waals surface area contributed by atoms with Crippen molar-refractivity contribution in [1.29, 1.82) is 0 Å². The van der Waals surface area contributed by atoms with Crippen LogP contribution in [0, 0.1) is 5.92 Å². The third-order valence-electron chi connectivity index (χ3n) is 3.81. The van der Waals surface area contributed by atoms with Crippen molar-refractivity contribution < 1.29 is 38.5 Å². The Labute approximate surface area is 169 Å². The van der Waals surface area contributed by atoms with Gasteiger partial charge in [-0.15, -0.1) is 0 Å². The molecule has 0 spiro atoms. The van der Waals surface area contributed by atoms with Gasteiger partial charge in [-0.1, -0.05) is 12.1 Å². The summed E-state index contributed by atoms with van der Waals surface area (Å²) in [5.74, 6) is -3.03. The van der Waals surface area contributed by atoms with E-state index >= 15 is 0 Å². The van der Waals surface area contributed by atoms with Gasteiger partial charge in [0.2, 0.25) is 0 Å². The molecule has 3 N–H and O–H groups in total. The number of carboxylic acids is 2. The molecule has 0 heterocycles. The number of nitrogens with one attached hydrogen (secondary N) is 1. The molecule has 1 aromatic carbocycles. The molecule has 0 saturated heterocycles. The highest BCUT2D eigenvalue weighted by molar-refractivity contribution is 5.81. The van der Waals surface area contributed by atoms with E-state index < -0.39 is 42.3 Å². The average Bonchev–Trinajstić information content (AvgIpc) is 2.60. The van der Waals surface area contributed by atoms with E-state index in [0.29, 0.717) is 11.3 Å². The molecule has 0 fully saturated rings. The number of carbonyl (C=O) groups excluding carboxylic acids is 1. The van der Waals surface area contributed by atoms with E-state index in [1.54, 1.807) is 45.0 Å². The number of rotatable bonds is 11. The van der Waals surface area contributed by atoms with Gasteiger partial charge in [-0.05, 0) is 51.3 Å². The molecule has 29 heavy (non-hydrogen) atoms. The normalized spacial score (nSPS) is 13.2. The lowest BCUT2D eigenvalue weighted by Gasteiger charge is -2.23. The van der Waals surface area contributed by atoms with Crippen LogP contribution in [0.25, 0.3) is 0 Å². The van der Waals surface area contributed by atoms with Crippen LogP contribution in [-0.4, -0.2) is 53.2 Å². The van der Waals surface area contributed by atoms with E-state index in [0.717, 1.165) is 0 Å². The summed E-state index contributed by atoms with van der Waals surface area (Å²) in [6.07, 6.45) is -0.883. The Kier molecular flexibility index (Phi) is 9.37. The number of halogens is 1. The van der Waals surface area contributed by atoms with Crippen molar-refractivity contribution in [2.24, 2.45) is 5.92 Å². The second-order valence-electron chi connectivity index (χ2n) is 7.55. The van der Waals surface area contributed by atoms with Crippen molar-refractivity contribution in [1.82, 2.24) is 5.32 Å². The topological polar surface area (TPSA) is 122 Å². The van der Waals surface area contributed by atoms with Crippen molar-refractivity contribution in [2.75, 3.05) is 13.3 Å². The first-order valence-electron chi connectivity index (χ1n) is 9.24. The van der Waals surface area contributed by atoms with Crippen LogP contribution in [0.15, 0.2) is 24.3 Å². The van der Waals surface area contributed by atoms with E-state index in [1.165, 1.54) is 0 Å². The van der Waals surface area contributed by atoms with Crippen molar-refractivity contribution in [3.8, 4) is 5.75 Å². The highest BCUT2D eigenvalue weighted by atomic mass is 19.1. The zero-order valence-electron chi connectivity index (χ0n) is 16.8. The Morgan fingerprint density at radius 2 is 1.72 bits per heavy atom. The lowest BCUT2D eigenvalue weighted by Crippen LogP contribution is -2.45. The SMILES string of the molecule is CC(C)(C)OC(=O)N[C@@H](C[C@H](Cc1ccc(OCCCF)cc1)C(=O)O)C(=O)O. The highest BCUT2D eigenvalue weighted by Crippen LogP contribution is 2.19. The number of ether oxygens (including phenoxy) is 2. The quantitative estimate of drug-likeness (QED) is 0.477. The second-order valence-corrected chi connectivity index (χ2v) is 7.55. The van der Waals surface area contributed by atoms with E-state index in [1.807, 2.05) is 0 Å². The van der Waals surface area contributed by atoms with Gasteiger partial charge in [0.15, 0.2) is 0 Å². The Bertz CT molecular complexity index is 685. The fourth-order valence-electron chi connectivity index (χ4n) is 2.48. The summed E-state index contributed by atoms with van der Waals surface area (Å²) in [4.78, 5) is 34.9. The van der Waals surface area contributed by atoms with Gasteiger partial charge in [0.1, 0.15) is 17.4 Å². The first-order valence-corrected chi connectivity index (χ1v) is 9.24. The van der Waals surface area contributed by atoms with E-state index in [9.17, 15) is 29.0 Å². The number of hydrogen-bond donors (Lipinski definition) is 3. The second kappa shape index (κ2) is 11.2. The lowest BCUT2D eigenvalue weighted by molar-refractivity contribution is -0.144. The van der Waals surface area contributed by atoms with Crippen LogP contribution in [0.4, 0.5) is 9.18 Å². The molecule has 0 radical (unpaired) electrons. The molecule has 0 aliphatic carbocycles. The summed E-state index contributed by atoms with van der Waals surface area (Å²) in [5, 5.41) is 21.0. The van der Waals surface area contributed by atoms with Crippen LogP contribution in [0.5, 0.6) is 5.75 Å². The minimum absolute atomic E-state index is 0.0693. The molecular formula is C20H28FNO7. The molecular weight excluding hydrogens is 385 g/mol. The van der Waals surface area contributed by atoms with Gasteiger partial charge in [-0.2, -0.15) is 0 Å². The Morgan fingerprint density at radius 1 is 1.10 bits per heavy atom. The van der Waals surface area contributed by atoms with Crippen LogP contribution in [0.2, 0.25) is 0 Å². The van der Waals surface area contributed by atoms with Gasteiger partial charge in [0.25, 0.3) is 0 Å². The number of hydrogen-bond acceptors (Lipinski definition) is 5. The van der Waals surface area contributed by atoms with Crippen LogP contribution in [0.1, 0.15) is 39.2 Å². The molecule has 1 aromatic rings. The highest BCUT2D eigenvalue weighted by Gasteiger charge is 2.30. The summed E-state index contributed by atoms with van der Waals surface area (Å²) < 4.78 is 22.5. The maximum atomic E-state index is 12.1. The number of aliphatic carboxylic acids is 2. The zero-order valence-corrected chi connectivity index (χ0v) is 16.8. The first kappa shape index (κ1) is 24.2. The molecule has 1 amide bonds. The third-order valence-corrected chi connectivity index (χ3v) is 3.81. The van der Waals surface area contributed by atoms with Crippen LogP contribution in [0.3, 0.4) is 0 Å². The molecule has 0 aliphatic heterocycles. The molecule has 1 rings (SSSR count). The molecule has 0 aromatic heterocycles. The van der Waals surface area contributed by atoms with Crippen molar-refractivity contribution >= 4 is 18.0 Å². The van der Waals surface area contributed by atoms with E-state index in [4.69, 9.17) is 9.47 Å². The minimum Gasteiger partial charge on any atom is -0.494 e. The van der Waals surface area contributed by atoms with Gasteiger partial charge in [-0.25, -0.2) is 9.59 Å². The van der Waals surface area contributed by atoms with Gasteiger partial charge < -0.3 is 25.0 Å². The number of alkyl halides is 1. The van der Waals surface area contributed by atoms with E-state index in [2.05, 4.69) is 5.32 Å². The van der Waals surface area contributed by atoms with Gasteiger partial charge in [0.05, 0.1) is 19.2 Å². The van der Waals surface area contributed by atoms with Gasteiger partial charge >= 0.3 is 18.0 Å². The standard InChI is InChI=1S/C20H28FNO7/c1-20(2,3)29-19(27)22-16(18(25)26)12-14(17(23)24)11-13-5-7-15(8-6-13)28-10-4-9-21/h5-8,14,16H,4,9-12H2,1-3H3,(H,22,27)(H,23,24)(H,25,26)/t14-,16-/m0/s1. The predicted molar refractivity (Wildman–Crippen MR) is 103 cm³/mol. The number of carbonyl (C=O) groups is 3. The van der Waals surface area contributed by atoms with Crippen molar-refractivity contribution in [3.63, 3.8) is 0 Å². The maximum absolute atomic E-state index is 12.1. The van der Waals surface area contributed by atoms with Crippen LogP contribution >= 0.6 is 0 Å². The molecule has 0 unspecified atom stereocenters. The summed E-state index contributed by atoms with van der Waals surface area (Å²) in [6.45, 7) is 4.67. The zero-order chi connectivity index (χ0) is 22.0. The van der Waals surface area contributed by atoms with Crippen LogP contribution < -0.4 is 10.1 Å². The lowest BCUT2D eigenvalue weighted by atomic mass is 9.92. The summed E-state index contributed by atoms with van der Waals surface area (Å²) in [7, 11) is 0. The van der Waals surface area contributed by atoms with Crippen LogP contribution in [-0.2, 0) is 20.7 Å². The van der Waals surface area contributed by atoms with Crippen molar-refractivity contribution in [3.05, 3.63) is 29.8 Å². The number of benzene rings is 1. The first-order chi connectivity index (χ1) is 13.5. The van der Waals surface area contributed by atoms with Crippen molar-refractivity contribution in [2.45, 2.75) is 51.7 Å². The molecule has 2 atom stereocenters. The smallest absolute Gasteiger partial charge is 0.408 e. The fraction of sp³-hybridized carbons (Fsp3) is 0.550. The third kappa shape index (κ3) is 9.77. The minimum atomic E-state index is -1.41. The Morgan fingerprint density at radius 3 is 2.21 bits per heavy atom. The van der Waals surface area contributed by atoms with Gasteiger partial charge in [-0.3, -0.25) is 9.18 Å². The number of alkyl carbamates (subject to hydrolysis) is 1. The summed E-state index contributed by atoms with van der Waals surface area (Å²) in [6, 6.07) is 5.20. The molecule has 8 nitrogen and oxygen atoms in total.